The van der Waals surface area contributed by atoms with Gasteiger partial charge in [0.05, 0.1) is 19.0 Å². The van der Waals surface area contributed by atoms with E-state index in [4.69, 9.17) is 16.3 Å². The van der Waals surface area contributed by atoms with Gasteiger partial charge in [-0.15, -0.1) is 11.3 Å². The Morgan fingerprint density at radius 3 is 2.69 bits per heavy atom. The third kappa shape index (κ3) is 6.26. The van der Waals surface area contributed by atoms with Gasteiger partial charge in [0.25, 0.3) is 5.91 Å². The smallest absolute Gasteiger partial charge is 0.492 e. The van der Waals surface area contributed by atoms with Crippen molar-refractivity contribution in [2.75, 3.05) is 7.11 Å². The summed E-state index contributed by atoms with van der Waals surface area (Å²) in [5.74, 6) is -0.0353. The number of amides is 1. The summed E-state index contributed by atoms with van der Waals surface area (Å²) >= 11 is 7.10. The molecular weight excluding hydrogens is 413 g/mol. The molecule has 1 aromatic heterocycles. The van der Waals surface area contributed by atoms with Gasteiger partial charge in [-0.25, -0.2) is 10.4 Å². The van der Waals surface area contributed by atoms with Crippen LogP contribution in [0.25, 0.3) is 5.57 Å². The van der Waals surface area contributed by atoms with Crippen molar-refractivity contribution < 1.29 is 19.6 Å². The summed E-state index contributed by atoms with van der Waals surface area (Å²) in [6.07, 6.45) is 5.01. The van der Waals surface area contributed by atoms with Gasteiger partial charge in [0, 0.05) is 10.5 Å². The van der Waals surface area contributed by atoms with Gasteiger partial charge in [-0.1, -0.05) is 17.7 Å². The van der Waals surface area contributed by atoms with Gasteiger partial charge in [0.1, 0.15) is 15.6 Å². The van der Waals surface area contributed by atoms with Gasteiger partial charge in [0.2, 0.25) is 0 Å². The molecule has 0 aliphatic carbocycles. The number of thiazole rings is 1. The van der Waals surface area contributed by atoms with Crippen LogP contribution in [-0.4, -0.2) is 41.4 Å². The van der Waals surface area contributed by atoms with Gasteiger partial charge in [-0.2, -0.15) is 5.10 Å². The maximum Gasteiger partial charge on any atom is 0.492 e. The maximum absolute atomic E-state index is 12.4. The molecule has 1 amide bonds. The Hall–Kier alpha value is -2.46. The molecule has 0 saturated carbocycles. The molecule has 10 heteroatoms. The van der Waals surface area contributed by atoms with Gasteiger partial charge in [0.15, 0.2) is 0 Å². The van der Waals surface area contributed by atoms with Crippen LogP contribution in [-0.2, 0) is 0 Å². The molecule has 0 aliphatic rings. The normalized spacial score (nSPS) is 12.4. The lowest BCUT2D eigenvalue weighted by Gasteiger charge is -2.08. The number of hydrogen-bond acceptors (Lipinski definition) is 7. The number of ether oxygens (including phenoxy) is 1. The molecule has 152 valence electrons. The standard InChI is InChI=1S/C19H21BClN3O4S/c1-11(5-6-12(2)21)19-23-13(3)17(29-19)18(25)24-22-10-14-7-8-16(28-4)15(9-14)20(26)27/h5-10,26-27H,1-4H3,(H,24,25)/b11-5+,12-6+,22-10+. The first kappa shape index (κ1) is 22.8. The van der Waals surface area contributed by atoms with Crippen molar-refractivity contribution in [1.82, 2.24) is 10.4 Å². The van der Waals surface area contributed by atoms with Crippen LogP contribution in [0, 0.1) is 6.92 Å². The number of carbonyl (C=O) groups excluding carboxylic acids is 1. The van der Waals surface area contributed by atoms with E-state index in [1.807, 2.05) is 13.0 Å². The van der Waals surface area contributed by atoms with E-state index in [1.165, 1.54) is 30.7 Å². The minimum Gasteiger partial charge on any atom is -0.497 e. The Bertz CT molecular complexity index is 982. The number of carbonyl (C=O) groups is 1. The van der Waals surface area contributed by atoms with Crippen LogP contribution in [0.2, 0.25) is 0 Å². The van der Waals surface area contributed by atoms with Crippen LogP contribution < -0.4 is 15.6 Å². The highest BCUT2D eigenvalue weighted by atomic mass is 35.5. The number of hydrogen-bond donors (Lipinski definition) is 3. The number of hydrazone groups is 1. The molecule has 2 rings (SSSR count). The molecular formula is C19H21BClN3O4S. The molecule has 0 atom stereocenters. The summed E-state index contributed by atoms with van der Waals surface area (Å²) < 4.78 is 5.07. The SMILES string of the molecule is COc1ccc(/C=N/NC(=O)c2sc(/C(C)=C/C=C(\C)Cl)nc2C)cc1B(O)O. The highest BCUT2D eigenvalue weighted by molar-refractivity contribution is 7.14. The van der Waals surface area contributed by atoms with Crippen molar-refractivity contribution in [3.8, 4) is 5.75 Å². The summed E-state index contributed by atoms with van der Waals surface area (Å²) in [4.78, 5) is 17.3. The lowest BCUT2D eigenvalue weighted by atomic mass is 9.79. The Morgan fingerprint density at radius 1 is 1.34 bits per heavy atom. The largest absolute Gasteiger partial charge is 0.497 e. The van der Waals surface area contributed by atoms with Crippen molar-refractivity contribution >= 4 is 53.2 Å². The van der Waals surface area contributed by atoms with E-state index in [0.717, 1.165) is 10.6 Å². The van der Waals surface area contributed by atoms with Crippen LogP contribution in [0.1, 0.15) is 39.8 Å². The molecule has 0 bridgehead atoms. The van der Waals surface area contributed by atoms with Gasteiger partial charge in [-0.05, 0) is 56.2 Å². The minimum atomic E-state index is -1.68. The second-order valence-corrected chi connectivity index (χ2v) is 7.71. The predicted molar refractivity (Wildman–Crippen MR) is 118 cm³/mol. The second-order valence-electron chi connectivity index (χ2n) is 6.11. The number of nitrogens with zero attached hydrogens (tertiary/aromatic N) is 2. The molecule has 7 nitrogen and oxygen atoms in total. The first-order valence-electron chi connectivity index (χ1n) is 8.59. The summed E-state index contributed by atoms with van der Waals surface area (Å²) in [5, 5.41) is 24.1. The number of nitrogens with one attached hydrogen (secondary N) is 1. The van der Waals surface area contributed by atoms with Gasteiger partial charge in [-0.3, -0.25) is 4.79 Å². The molecule has 0 radical (unpaired) electrons. The Balaban J connectivity index is 2.13. The van der Waals surface area contributed by atoms with Crippen molar-refractivity contribution in [2.24, 2.45) is 5.10 Å². The zero-order chi connectivity index (χ0) is 21.6. The number of rotatable bonds is 7. The van der Waals surface area contributed by atoms with Crippen LogP contribution >= 0.6 is 22.9 Å². The van der Waals surface area contributed by atoms with Gasteiger partial charge < -0.3 is 14.8 Å². The van der Waals surface area contributed by atoms with E-state index < -0.39 is 7.12 Å². The number of halogens is 1. The fourth-order valence-corrected chi connectivity index (χ4v) is 3.34. The first-order chi connectivity index (χ1) is 13.7. The fourth-order valence-electron chi connectivity index (χ4n) is 2.34. The highest BCUT2D eigenvalue weighted by Crippen LogP contribution is 2.24. The Kier molecular flexibility index (Phi) is 8.15. The monoisotopic (exact) mass is 433 g/mol. The highest BCUT2D eigenvalue weighted by Gasteiger charge is 2.17. The molecule has 3 N–H and O–H groups in total. The van der Waals surface area contributed by atoms with Gasteiger partial charge >= 0.3 is 7.12 Å². The molecule has 0 spiro atoms. The van der Waals surface area contributed by atoms with E-state index >= 15 is 0 Å². The molecule has 0 fully saturated rings. The number of methoxy groups -OCH3 is 1. The van der Waals surface area contributed by atoms with Crippen molar-refractivity contribution in [1.29, 1.82) is 0 Å². The predicted octanol–water partition coefficient (Wildman–Crippen LogP) is 2.45. The van der Waals surface area contributed by atoms with Crippen LogP contribution in [0.4, 0.5) is 0 Å². The topological polar surface area (TPSA) is 104 Å². The fraction of sp³-hybridized carbons (Fsp3) is 0.211. The molecule has 0 saturated heterocycles. The molecule has 0 aliphatic heterocycles. The van der Waals surface area contributed by atoms with E-state index in [2.05, 4.69) is 15.5 Å². The van der Waals surface area contributed by atoms with E-state index in [-0.39, 0.29) is 11.4 Å². The lowest BCUT2D eigenvalue weighted by Crippen LogP contribution is -2.31. The first-order valence-corrected chi connectivity index (χ1v) is 9.78. The van der Waals surface area contributed by atoms with Crippen molar-refractivity contribution in [3.05, 3.63) is 56.5 Å². The molecule has 1 aromatic carbocycles. The number of benzene rings is 1. The maximum atomic E-state index is 12.4. The average molecular weight is 434 g/mol. The molecule has 0 unspecified atom stereocenters. The number of aromatic nitrogens is 1. The molecule has 2 aromatic rings. The zero-order valence-corrected chi connectivity index (χ0v) is 18.0. The van der Waals surface area contributed by atoms with E-state index in [1.54, 1.807) is 32.1 Å². The quantitative estimate of drug-likeness (QED) is 0.269. The van der Waals surface area contributed by atoms with Crippen molar-refractivity contribution in [3.63, 3.8) is 0 Å². The summed E-state index contributed by atoms with van der Waals surface area (Å²) in [7, 11) is -0.245. The summed E-state index contributed by atoms with van der Waals surface area (Å²) in [6, 6.07) is 4.77. The minimum absolute atomic E-state index is 0.203. The third-order valence-electron chi connectivity index (χ3n) is 3.81. The van der Waals surface area contributed by atoms with E-state index in [0.29, 0.717) is 26.9 Å². The van der Waals surface area contributed by atoms with Crippen LogP contribution in [0.3, 0.4) is 0 Å². The Labute approximate surface area is 178 Å². The van der Waals surface area contributed by atoms with Crippen LogP contribution in [0.15, 0.2) is 40.5 Å². The Morgan fingerprint density at radius 2 is 2.07 bits per heavy atom. The third-order valence-corrected chi connectivity index (χ3v) is 5.23. The lowest BCUT2D eigenvalue weighted by molar-refractivity contribution is 0.0958. The number of aryl methyl sites for hydroxylation is 1. The summed E-state index contributed by atoms with van der Waals surface area (Å²) in [6.45, 7) is 5.43. The average Bonchev–Trinajstić information content (AvgIpc) is 3.07. The summed E-state index contributed by atoms with van der Waals surface area (Å²) in [5.41, 5.74) is 4.73. The van der Waals surface area contributed by atoms with Crippen molar-refractivity contribution in [2.45, 2.75) is 20.8 Å². The molecule has 1 heterocycles. The second kappa shape index (κ2) is 10.4. The van der Waals surface area contributed by atoms with Crippen LogP contribution in [0.5, 0.6) is 5.75 Å². The zero-order valence-electron chi connectivity index (χ0n) is 16.4. The molecule has 29 heavy (non-hydrogen) atoms. The van der Waals surface area contributed by atoms with E-state index in [9.17, 15) is 14.8 Å². The number of allylic oxidation sites excluding steroid dienone is 4.